The molecule has 2 aliphatic heterocycles. The lowest BCUT2D eigenvalue weighted by atomic mass is 9.72. The van der Waals surface area contributed by atoms with Crippen LogP contribution in [0.25, 0.3) is 0 Å². The minimum atomic E-state index is -3.92. The molecular formula is C22H15B3ClF2N3O4. The molecule has 35 heavy (non-hydrogen) atoms. The predicted molar refractivity (Wildman–Crippen MR) is 125 cm³/mol. The number of halogens is 3. The number of imide groups is 1. The Bertz CT molecular complexity index is 1260. The minimum absolute atomic E-state index is 0.0272. The van der Waals surface area contributed by atoms with Crippen molar-refractivity contribution >= 4 is 69.7 Å². The van der Waals surface area contributed by atoms with Crippen molar-refractivity contribution in [3.05, 3.63) is 57.6 Å². The molecule has 172 valence electrons. The Balaban J connectivity index is 1.58. The summed E-state index contributed by atoms with van der Waals surface area (Å²) in [6, 6.07) is 4.81. The zero-order valence-corrected chi connectivity index (χ0v) is 18.9. The highest BCUT2D eigenvalue weighted by Gasteiger charge is 2.43. The molecule has 0 aliphatic carbocycles. The second kappa shape index (κ2) is 9.15. The van der Waals surface area contributed by atoms with E-state index in [0.29, 0.717) is 0 Å². The summed E-state index contributed by atoms with van der Waals surface area (Å²) in [5, 5.41) is 4.44. The first kappa shape index (κ1) is 25.0. The van der Waals surface area contributed by atoms with Gasteiger partial charge in [-0.05, 0) is 29.7 Å². The third-order valence-corrected chi connectivity index (χ3v) is 6.29. The van der Waals surface area contributed by atoms with Crippen LogP contribution in [0.3, 0.4) is 0 Å². The summed E-state index contributed by atoms with van der Waals surface area (Å²) in [6.07, 6.45) is 0.192. The van der Waals surface area contributed by atoms with Crippen molar-refractivity contribution in [2.24, 2.45) is 0 Å². The fourth-order valence-electron chi connectivity index (χ4n) is 4.19. The number of fused-ring (bicyclic) bond motifs is 1. The van der Waals surface area contributed by atoms with Gasteiger partial charge in [0.25, 0.3) is 11.8 Å². The average Bonchev–Trinajstić information content (AvgIpc) is 3.14. The fraction of sp³-hybridized carbons (Fsp3) is 0.273. The van der Waals surface area contributed by atoms with Gasteiger partial charge in [0.1, 0.15) is 29.6 Å². The molecule has 0 aromatic heterocycles. The number of hydrogen-bond donors (Lipinski definition) is 2. The number of rotatable bonds is 5. The molecule has 1 fully saturated rings. The number of benzene rings is 2. The number of carbonyl (C=O) groups excluding carboxylic acids is 4. The highest BCUT2D eigenvalue weighted by Crippen LogP contribution is 2.31. The molecule has 2 atom stereocenters. The van der Waals surface area contributed by atoms with Gasteiger partial charge in [-0.3, -0.25) is 24.5 Å². The maximum absolute atomic E-state index is 14.6. The van der Waals surface area contributed by atoms with Gasteiger partial charge in [-0.2, -0.15) is 8.78 Å². The van der Waals surface area contributed by atoms with Crippen LogP contribution in [0, 0.1) is 0 Å². The summed E-state index contributed by atoms with van der Waals surface area (Å²) in [5.41, 5.74) is -0.319. The number of nitrogens with one attached hydrogen (secondary N) is 2. The van der Waals surface area contributed by atoms with Crippen LogP contribution in [-0.4, -0.2) is 58.1 Å². The average molecular weight is 491 g/mol. The fourth-order valence-corrected chi connectivity index (χ4v) is 4.32. The summed E-state index contributed by atoms with van der Waals surface area (Å²) in [5.74, 6) is -8.68. The maximum atomic E-state index is 14.6. The number of nitrogens with zero attached hydrogens (tertiary/aromatic N) is 1. The van der Waals surface area contributed by atoms with Crippen molar-refractivity contribution in [2.45, 2.75) is 37.3 Å². The highest BCUT2D eigenvalue weighted by molar-refractivity contribution is 6.42. The van der Waals surface area contributed by atoms with Crippen molar-refractivity contribution in [1.82, 2.24) is 15.5 Å². The Morgan fingerprint density at radius 2 is 1.86 bits per heavy atom. The first-order valence-electron chi connectivity index (χ1n) is 10.5. The van der Waals surface area contributed by atoms with Crippen LogP contribution in [0.2, 0.25) is 5.02 Å². The van der Waals surface area contributed by atoms with Crippen LogP contribution < -0.4 is 21.6 Å². The van der Waals surface area contributed by atoms with Gasteiger partial charge in [0.05, 0.1) is 0 Å². The van der Waals surface area contributed by atoms with Crippen molar-refractivity contribution in [3.63, 3.8) is 0 Å². The number of carbonyl (C=O) groups is 4. The molecule has 4 rings (SSSR count). The predicted octanol–water partition coefficient (Wildman–Crippen LogP) is -0.236. The third-order valence-electron chi connectivity index (χ3n) is 6.04. The number of amides is 4. The topological polar surface area (TPSA) is 95.6 Å². The summed E-state index contributed by atoms with van der Waals surface area (Å²) >= 11 is 5.71. The third kappa shape index (κ3) is 4.47. The van der Waals surface area contributed by atoms with Crippen LogP contribution in [0.5, 0.6) is 0 Å². The monoisotopic (exact) mass is 491 g/mol. The van der Waals surface area contributed by atoms with Crippen molar-refractivity contribution < 1.29 is 28.0 Å². The molecule has 7 nitrogen and oxygen atoms in total. The molecule has 2 N–H and O–H groups in total. The van der Waals surface area contributed by atoms with Gasteiger partial charge in [-0.15, -0.1) is 0 Å². The van der Waals surface area contributed by atoms with Gasteiger partial charge in [0.2, 0.25) is 11.8 Å². The largest absolute Gasteiger partial charge is 0.352 e. The number of hydrogen-bond acceptors (Lipinski definition) is 4. The van der Waals surface area contributed by atoms with E-state index in [2.05, 4.69) is 5.32 Å². The standard InChI is InChI=1S/C22H15B3ClF2N3O4/c23-13-7-11(18(25)30-21(35)22(27,28)9-1-3-10(26)4-2-9)17(24)12-8-31(20(34)16(12)13)14-5-6-15(32)29-19(14)33/h1-4,7,14,18H,5-6,8H2,(H,30,35)(H,29,32,33). The second-order valence-electron chi connectivity index (χ2n) is 8.25. The molecule has 2 unspecified atom stereocenters. The first-order valence-corrected chi connectivity index (χ1v) is 10.9. The Morgan fingerprint density at radius 1 is 1.20 bits per heavy atom. The molecule has 4 amide bonds. The Labute approximate surface area is 208 Å². The van der Waals surface area contributed by atoms with E-state index >= 15 is 0 Å². The SMILES string of the molecule is [B]c1cc(C([B])NC(=O)C(F)(F)c2ccc(Cl)cc2)c([B])c2c1C(=O)N(C1CCC(=O)NC1=O)C2. The molecule has 0 saturated carbocycles. The smallest absolute Gasteiger partial charge is 0.349 e. The van der Waals surface area contributed by atoms with Crippen LogP contribution in [0.4, 0.5) is 8.78 Å². The quantitative estimate of drug-likeness (QED) is 0.446. The van der Waals surface area contributed by atoms with Gasteiger partial charge in [-0.1, -0.05) is 40.7 Å². The molecule has 0 bridgehead atoms. The van der Waals surface area contributed by atoms with Crippen molar-refractivity contribution in [3.8, 4) is 0 Å². The summed E-state index contributed by atoms with van der Waals surface area (Å²) < 4.78 is 29.3. The maximum Gasteiger partial charge on any atom is 0.349 e. The molecular weight excluding hydrogens is 476 g/mol. The van der Waals surface area contributed by atoms with Crippen LogP contribution in [-0.2, 0) is 26.9 Å². The zero-order chi connectivity index (χ0) is 25.7. The molecule has 1 saturated heterocycles. The van der Waals surface area contributed by atoms with E-state index in [4.69, 9.17) is 35.1 Å². The lowest BCUT2D eigenvalue weighted by Crippen LogP contribution is -2.52. The van der Waals surface area contributed by atoms with Gasteiger partial charge in [-0.25, -0.2) is 0 Å². The van der Waals surface area contributed by atoms with E-state index in [9.17, 15) is 28.0 Å². The molecule has 13 heteroatoms. The van der Waals surface area contributed by atoms with E-state index in [-0.39, 0.29) is 52.0 Å². The van der Waals surface area contributed by atoms with Gasteiger partial charge < -0.3 is 10.2 Å². The lowest BCUT2D eigenvalue weighted by Gasteiger charge is -2.29. The van der Waals surface area contributed by atoms with Crippen LogP contribution >= 0.6 is 11.6 Å². The first-order chi connectivity index (χ1) is 16.4. The number of alkyl halides is 2. The molecule has 6 radical (unpaired) electrons. The highest BCUT2D eigenvalue weighted by atomic mass is 35.5. The van der Waals surface area contributed by atoms with E-state index in [0.717, 1.165) is 12.1 Å². The van der Waals surface area contributed by atoms with E-state index in [1.807, 2.05) is 5.32 Å². The van der Waals surface area contributed by atoms with Crippen LogP contribution in [0.1, 0.15) is 45.8 Å². The van der Waals surface area contributed by atoms with Crippen molar-refractivity contribution in [2.75, 3.05) is 0 Å². The normalized spacial score (nSPS) is 18.8. The van der Waals surface area contributed by atoms with E-state index in [1.54, 1.807) is 0 Å². The molecule has 0 spiro atoms. The van der Waals surface area contributed by atoms with Gasteiger partial charge in [0, 0.05) is 35.1 Å². The Hall–Kier alpha value is -3.14. The molecule has 2 heterocycles. The van der Waals surface area contributed by atoms with E-state index in [1.165, 1.54) is 23.1 Å². The van der Waals surface area contributed by atoms with E-state index < -0.39 is 47.1 Å². The van der Waals surface area contributed by atoms with Crippen molar-refractivity contribution in [1.29, 1.82) is 0 Å². The molecule has 2 aromatic carbocycles. The van der Waals surface area contributed by atoms with Gasteiger partial charge in [0.15, 0.2) is 0 Å². The number of piperidine rings is 1. The minimum Gasteiger partial charge on any atom is -0.352 e. The summed E-state index contributed by atoms with van der Waals surface area (Å²) in [6.45, 7) is -0.105. The van der Waals surface area contributed by atoms with Crippen LogP contribution in [0.15, 0.2) is 30.3 Å². The molecule has 2 aliphatic rings. The zero-order valence-electron chi connectivity index (χ0n) is 18.1. The lowest BCUT2D eigenvalue weighted by molar-refractivity contribution is -0.147. The Morgan fingerprint density at radius 3 is 2.49 bits per heavy atom. The van der Waals surface area contributed by atoms with Gasteiger partial charge >= 0.3 is 5.92 Å². The second-order valence-corrected chi connectivity index (χ2v) is 8.69. The molecule has 2 aromatic rings. The summed E-state index contributed by atoms with van der Waals surface area (Å²) in [7, 11) is 18.2. The Kier molecular flexibility index (Phi) is 6.53. The summed E-state index contributed by atoms with van der Waals surface area (Å²) in [4.78, 5) is 50.3.